The summed E-state index contributed by atoms with van der Waals surface area (Å²) in [5.74, 6) is 1.24. The molecule has 2 heterocycles. The summed E-state index contributed by atoms with van der Waals surface area (Å²) in [5, 5.41) is 0. The van der Waals surface area contributed by atoms with Crippen LogP contribution in [0.25, 0.3) is 11.4 Å². The van der Waals surface area contributed by atoms with Crippen molar-refractivity contribution < 1.29 is 23.0 Å². The zero-order chi connectivity index (χ0) is 22.5. The molecular formula is C23H22F2N4O3. The second-order valence-corrected chi connectivity index (χ2v) is 7.13. The lowest BCUT2D eigenvalue weighted by Crippen LogP contribution is -2.49. The maximum atomic E-state index is 12.9. The van der Waals surface area contributed by atoms with E-state index < -0.39 is 6.61 Å². The van der Waals surface area contributed by atoms with Crippen LogP contribution in [-0.2, 0) is 0 Å². The van der Waals surface area contributed by atoms with E-state index in [0.717, 1.165) is 11.4 Å². The number of carbonyl (C=O) groups excluding carboxylic acids is 1. The van der Waals surface area contributed by atoms with E-state index in [1.165, 1.54) is 25.3 Å². The highest BCUT2D eigenvalue weighted by molar-refractivity contribution is 5.95. The van der Waals surface area contributed by atoms with Gasteiger partial charge in [-0.2, -0.15) is 8.78 Å². The fourth-order valence-electron chi connectivity index (χ4n) is 3.57. The number of piperazine rings is 1. The molecule has 0 atom stereocenters. The molecule has 0 aliphatic carbocycles. The fourth-order valence-corrected chi connectivity index (χ4v) is 3.57. The number of methoxy groups -OCH3 is 1. The Morgan fingerprint density at radius 1 is 1.00 bits per heavy atom. The number of alkyl halides is 2. The third kappa shape index (κ3) is 4.77. The minimum atomic E-state index is -2.97. The van der Waals surface area contributed by atoms with E-state index in [9.17, 15) is 13.6 Å². The van der Waals surface area contributed by atoms with Crippen molar-refractivity contribution in [2.75, 3.05) is 38.2 Å². The van der Waals surface area contributed by atoms with Gasteiger partial charge in [0.15, 0.2) is 17.3 Å². The molecule has 0 radical (unpaired) electrons. The van der Waals surface area contributed by atoms with Crippen molar-refractivity contribution in [1.29, 1.82) is 0 Å². The van der Waals surface area contributed by atoms with Gasteiger partial charge in [-0.05, 0) is 24.3 Å². The molecule has 0 bridgehead atoms. The van der Waals surface area contributed by atoms with Gasteiger partial charge in [0.1, 0.15) is 5.82 Å². The van der Waals surface area contributed by atoms with Crippen molar-refractivity contribution in [3.63, 3.8) is 0 Å². The first kappa shape index (κ1) is 21.5. The molecule has 1 aromatic heterocycles. The molecule has 1 saturated heterocycles. The number of aromatic nitrogens is 2. The van der Waals surface area contributed by atoms with Crippen LogP contribution in [0.1, 0.15) is 10.4 Å². The summed E-state index contributed by atoms with van der Waals surface area (Å²) in [6.45, 7) is -0.744. The molecule has 2 aromatic carbocycles. The largest absolute Gasteiger partial charge is 0.493 e. The van der Waals surface area contributed by atoms with E-state index in [4.69, 9.17) is 4.74 Å². The SMILES string of the molecule is COc1cc(C(=O)N2CCN(c3ccnc(-c4ccccc4)n3)CC2)ccc1OC(F)F. The van der Waals surface area contributed by atoms with Gasteiger partial charge in [0.2, 0.25) is 0 Å². The van der Waals surface area contributed by atoms with E-state index in [0.29, 0.717) is 37.6 Å². The summed E-state index contributed by atoms with van der Waals surface area (Å²) in [4.78, 5) is 25.8. The first-order valence-corrected chi connectivity index (χ1v) is 10.1. The average Bonchev–Trinajstić information content (AvgIpc) is 2.84. The molecule has 3 aromatic rings. The molecule has 0 unspecified atom stereocenters. The number of halogens is 2. The van der Waals surface area contributed by atoms with Gasteiger partial charge in [0.25, 0.3) is 5.91 Å². The van der Waals surface area contributed by atoms with Crippen LogP contribution >= 0.6 is 0 Å². The Morgan fingerprint density at radius 3 is 2.44 bits per heavy atom. The van der Waals surface area contributed by atoms with Crippen LogP contribution in [0.5, 0.6) is 11.5 Å². The number of amides is 1. The predicted octanol–water partition coefficient (Wildman–Crippen LogP) is 3.72. The van der Waals surface area contributed by atoms with Crippen LogP contribution in [0.3, 0.4) is 0 Å². The summed E-state index contributed by atoms with van der Waals surface area (Å²) in [7, 11) is 1.34. The molecule has 32 heavy (non-hydrogen) atoms. The third-order valence-electron chi connectivity index (χ3n) is 5.19. The van der Waals surface area contributed by atoms with Crippen molar-refractivity contribution in [2.24, 2.45) is 0 Å². The van der Waals surface area contributed by atoms with Gasteiger partial charge in [-0.25, -0.2) is 9.97 Å². The molecule has 1 aliphatic rings. The van der Waals surface area contributed by atoms with E-state index in [1.807, 2.05) is 36.4 Å². The first-order valence-electron chi connectivity index (χ1n) is 10.1. The molecule has 1 amide bonds. The molecule has 166 valence electrons. The minimum absolute atomic E-state index is 0.0872. The van der Waals surface area contributed by atoms with Crippen molar-refractivity contribution in [3.05, 3.63) is 66.4 Å². The number of benzene rings is 2. The van der Waals surface area contributed by atoms with E-state index in [1.54, 1.807) is 11.1 Å². The second kappa shape index (κ2) is 9.59. The molecule has 0 saturated carbocycles. The van der Waals surface area contributed by atoms with Crippen molar-refractivity contribution in [2.45, 2.75) is 6.61 Å². The number of hydrogen-bond acceptors (Lipinski definition) is 6. The Morgan fingerprint density at radius 2 is 1.75 bits per heavy atom. The summed E-state index contributed by atoms with van der Waals surface area (Å²) < 4.78 is 34.6. The average molecular weight is 440 g/mol. The number of carbonyl (C=O) groups is 1. The normalized spacial score (nSPS) is 13.9. The predicted molar refractivity (Wildman–Crippen MR) is 115 cm³/mol. The number of hydrogen-bond donors (Lipinski definition) is 0. The number of nitrogens with zero attached hydrogens (tertiary/aromatic N) is 4. The van der Waals surface area contributed by atoms with E-state index >= 15 is 0 Å². The van der Waals surface area contributed by atoms with Gasteiger partial charge >= 0.3 is 6.61 Å². The molecule has 7 nitrogen and oxygen atoms in total. The monoisotopic (exact) mass is 440 g/mol. The van der Waals surface area contributed by atoms with Crippen LogP contribution in [0.2, 0.25) is 0 Å². The lowest BCUT2D eigenvalue weighted by molar-refractivity contribution is -0.0512. The quantitative estimate of drug-likeness (QED) is 0.582. The molecule has 1 fully saturated rings. The van der Waals surface area contributed by atoms with Crippen molar-refractivity contribution >= 4 is 11.7 Å². The van der Waals surface area contributed by atoms with Gasteiger partial charge in [-0.3, -0.25) is 4.79 Å². The van der Waals surface area contributed by atoms with Crippen molar-refractivity contribution in [1.82, 2.24) is 14.9 Å². The lowest BCUT2D eigenvalue weighted by Gasteiger charge is -2.35. The Bertz CT molecular complexity index is 1070. The number of rotatable bonds is 6. The highest BCUT2D eigenvalue weighted by Crippen LogP contribution is 2.30. The summed E-state index contributed by atoms with van der Waals surface area (Å²) >= 11 is 0. The Kier molecular flexibility index (Phi) is 6.44. The van der Waals surface area contributed by atoms with Gasteiger partial charge in [0.05, 0.1) is 7.11 Å². The lowest BCUT2D eigenvalue weighted by atomic mass is 10.1. The zero-order valence-electron chi connectivity index (χ0n) is 17.4. The standard InChI is InChI=1S/C23H22F2N4O3/c1-31-19-15-17(7-8-18(19)32-23(24)25)22(30)29-13-11-28(12-14-29)20-9-10-26-21(27-20)16-5-3-2-4-6-16/h2-10,15,23H,11-14H2,1H3. The van der Waals surface area contributed by atoms with Crippen LogP contribution in [-0.4, -0.2) is 60.7 Å². The smallest absolute Gasteiger partial charge is 0.387 e. The highest BCUT2D eigenvalue weighted by Gasteiger charge is 2.24. The summed E-state index contributed by atoms with van der Waals surface area (Å²) in [6, 6.07) is 15.8. The molecule has 0 N–H and O–H groups in total. The third-order valence-corrected chi connectivity index (χ3v) is 5.19. The maximum Gasteiger partial charge on any atom is 0.387 e. The molecule has 4 rings (SSSR count). The van der Waals surface area contributed by atoms with Crippen LogP contribution in [0, 0.1) is 0 Å². The fraction of sp³-hybridized carbons (Fsp3) is 0.261. The van der Waals surface area contributed by atoms with Gasteiger partial charge in [-0.15, -0.1) is 0 Å². The van der Waals surface area contributed by atoms with Gasteiger partial charge in [-0.1, -0.05) is 30.3 Å². The first-order chi connectivity index (χ1) is 15.5. The topological polar surface area (TPSA) is 67.8 Å². The van der Waals surface area contributed by atoms with E-state index in [2.05, 4.69) is 19.6 Å². The van der Waals surface area contributed by atoms with E-state index in [-0.39, 0.29) is 17.4 Å². The van der Waals surface area contributed by atoms with Crippen LogP contribution in [0.4, 0.5) is 14.6 Å². The molecule has 9 heteroatoms. The molecule has 0 spiro atoms. The summed E-state index contributed by atoms with van der Waals surface area (Å²) in [5.41, 5.74) is 1.29. The van der Waals surface area contributed by atoms with Crippen LogP contribution < -0.4 is 14.4 Å². The number of ether oxygens (including phenoxy) is 2. The summed E-state index contributed by atoms with van der Waals surface area (Å²) in [6.07, 6.45) is 1.73. The Labute approximate surface area is 184 Å². The van der Waals surface area contributed by atoms with Gasteiger partial charge < -0.3 is 19.3 Å². The Balaban J connectivity index is 1.42. The van der Waals surface area contributed by atoms with Gasteiger partial charge in [0, 0.05) is 43.5 Å². The highest BCUT2D eigenvalue weighted by atomic mass is 19.3. The zero-order valence-corrected chi connectivity index (χ0v) is 17.4. The van der Waals surface area contributed by atoms with Crippen molar-refractivity contribution in [3.8, 4) is 22.9 Å². The van der Waals surface area contributed by atoms with Crippen LogP contribution in [0.15, 0.2) is 60.8 Å². The second-order valence-electron chi connectivity index (χ2n) is 7.13. The Hall–Kier alpha value is -3.75. The molecule has 1 aliphatic heterocycles. The maximum absolute atomic E-state index is 12.9. The number of anilines is 1. The molecular weight excluding hydrogens is 418 g/mol. The minimum Gasteiger partial charge on any atom is -0.493 e.